The van der Waals surface area contributed by atoms with Crippen LogP contribution in [-0.4, -0.2) is 35.1 Å². The van der Waals surface area contributed by atoms with Crippen LogP contribution in [-0.2, 0) is 16.4 Å². The highest BCUT2D eigenvalue weighted by Crippen LogP contribution is 2.13. The van der Waals surface area contributed by atoms with Gasteiger partial charge < -0.3 is 0 Å². The lowest BCUT2D eigenvalue weighted by atomic mass is 10.4. The fraction of sp³-hybridized carbons (Fsp3) is 0.222. The molecule has 9 heteroatoms. The van der Waals surface area contributed by atoms with Crippen LogP contribution < -0.4 is 4.72 Å². The normalized spacial score (nSPS) is 11.6. The first kappa shape index (κ1) is 13.1. The Morgan fingerprint density at radius 3 is 2.89 bits per heavy atom. The molecule has 2 N–H and O–H groups in total. The molecule has 0 bridgehead atoms. The molecule has 7 nitrogen and oxygen atoms in total. The zero-order chi connectivity index (χ0) is 13.0. The van der Waals surface area contributed by atoms with Crippen molar-refractivity contribution >= 4 is 26.0 Å². The molecular weight excluding hydrogens is 322 g/mol. The van der Waals surface area contributed by atoms with E-state index in [9.17, 15) is 8.42 Å². The average Bonchev–Trinajstić information content (AvgIpc) is 2.82. The van der Waals surface area contributed by atoms with Crippen molar-refractivity contribution in [2.24, 2.45) is 0 Å². The highest BCUT2D eigenvalue weighted by Gasteiger charge is 2.14. The van der Waals surface area contributed by atoms with Crippen molar-refractivity contribution in [1.82, 2.24) is 24.9 Å². The zero-order valence-corrected chi connectivity index (χ0v) is 11.6. The van der Waals surface area contributed by atoms with Crippen molar-refractivity contribution in [3.63, 3.8) is 0 Å². The van der Waals surface area contributed by atoms with Crippen LogP contribution in [0.4, 0.5) is 0 Å². The molecule has 0 saturated carbocycles. The quantitative estimate of drug-likeness (QED) is 0.830. The van der Waals surface area contributed by atoms with Crippen LogP contribution in [0.25, 0.3) is 0 Å². The third-order valence-corrected chi connectivity index (χ3v) is 3.97. The summed E-state index contributed by atoms with van der Waals surface area (Å²) in [5, 5.41) is 6.33. The Morgan fingerprint density at radius 2 is 2.22 bits per heavy atom. The third-order valence-electron chi connectivity index (χ3n) is 2.11. The maximum Gasteiger partial charge on any atom is 0.242 e. The molecule has 0 unspecified atom stereocenters. The first-order valence-electron chi connectivity index (χ1n) is 5.02. The molecule has 0 aromatic carbocycles. The van der Waals surface area contributed by atoms with Crippen molar-refractivity contribution < 1.29 is 8.42 Å². The molecule has 0 radical (unpaired) electrons. The summed E-state index contributed by atoms with van der Waals surface area (Å²) in [4.78, 5) is 7.84. The Bertz CT molecular complexity index is 614. The van der Waals surface area contributed by atoms with Crippen LogP contribution >= 0.6 is 15.9 Å². The van der Waals surface area contributed by atoms with E-state index in [-0.39, 0.29) is 11.4 Å². The van der Waals surface area contributed by atoms with Gasteiger partial charge in [0.05, 0.1) is 0 Å². The minimum Gasteiger partial charge on any atom is -0.263 e. The molecule has 0 fully saturated rings. The lowest BCUT2D eigenvalue weighted by Gasteiger charge is -2.05. The Labute approximate surface area is 112 Å². The van der Waals surface area contributed by atoms with Crippen LogP contribution in [0.5, 0.6) is 0 Å². The molecule has 2 heterocycles. The van der Waals surface area contributed by atoms with Crippen molar-refractivity contribution in [2.45, 2.75) is 11.3 Å². The third kappa shape index (κ3) is 3.34. The Kier molecular flexibility index (Phi) is 4.04. The summed E-state index contributed by atoms with van der Waals surface area (Å²) in [7, 11) is -3.54. The summed E-state index contributed by atoms with van der Waals surface area (Å²) >= 11 is 3.18. The van der Waals surface area contributed by atoms with Crippen LogP contribution in [0.2, 0.25) is 0 Å². The molecule has 0 saturated heterocycles. The number of hydrogen-bond donors (Lipinski definition) is 2. The number of sulfonamides is 1. The van der Waals surface area contributed by atoms with Gasteiger partial charge in [0, 0.05) is 29.8 Å². The maximum atomic E-state index is 11.9. The van der Waals surface area contributed by atoms with E-state index in [0.29, 0.717) is 16.7 Å². The molecule has 0 aliphatic rings. The van der Waals surface area contributed by atoms with Gasteiger partial charge in [-0.25, -0.2) is 18.1 Å². The van der Waals surface area contributed by atoms with E-state index in [2.05, 4.69) is 40.8 Å². The Morgan fingerprint density at radius 1 is 1.39 bits per heavy atom. The molecule has 96 valence electrons. The largest absolute Gasteiger partial charge is 0.263 e. The molecule has 2 aromatic heterocycles. The number of nitrogens with zero attached hydrogens (tertiary/aromatic N) is 3. The van der Waals surface area contributed by atoms with Gasteiger partial charge in [0.25, 0.3) is 0 Å². The number of H-pyrrole nitrogens is 1. The molecule has 0 spiro atoms. The topological polar surface area (TPSA) is 101 Å². The average molecular weight is 332 g/mol. The van der Waals surface area contributed by atoms with Crippen LogP contribution in [0, 0.1) is 0 Å². The molecule has 2 aromatic rings. The maximum absolute atomic E-state index is 11.9. The van der Waals surface area contributed by atoms with Crippen molar-refractivity contribution in [3.05, 3.63) is 35.1 Å². The lowest BCUT2D eigenvalue weighted by Crippen LogP contribution is -2.26. The molecule has 0 aliphatic carbocycles. The molecule has 0 atom stereocenters. The van der Waals surface area contributed by atoms with Crippen molar-refractivity contribution in [1.29, 1.82) is 0 Å². The molecular formula is C9H10BrN5O2S. The standard InChI is InChI=1S/C9H10BrN5O2S/c10-7-3-8(5-11-4-7)18(16,17)14-2-1-9-12-6-13-15-9/h3-6,14H,1-2H2,(H,12,13,15). The van der Waals surface area contributed by atoms with Gasteiger partial charge in [0.15, 0.2) is 0 Å². The Balaban J connectivity index is 1.99. The summed E-state index contributed by atoms with van der Waals surface area (Å²) in [6, 6.07) is 1.49. The number of pyridine rings is 1. The second-order valence-corrected chi connectivity index (χ2v) is 6.10. The van der Waals surface area contributed by atoms with E-state index in [4.69, 9.17) is 0 Å². The number of aromatic nitrogens is 4. The number of rotatable bonds is 5. The van der Waals surface area contributed by atoms with Crippen molar-refractivity contribution in [2.75, 3.05) is 6.54 Å². The summed E-state index contributed by atoms with van der Waals surface area (Å²) in [6.45, 7) is 0.240. The predicted molar refractivity (Wildman–Crippen MR) is 67.2 cm³/mol. The van der Waals surface area contributed by atoms with E-state index in [1.54, 1.807) is 0 Å². The van der Waals surface area contributed by atoms with Gasteiger partial charge in [-0.2, -0.15) is 5.10 Å². The number of halogens is 1. The predicted octanol–water partition coefficient (Wildman–Crippen LogP) is 0.483. The minimum absolute atomic E-state index is 0.120. The number of hydrogen-bond acceptors (Lipinski definition) is 5. The van der Waals surface area contributed by atoms with E-state index in [0.717, 1.165) is 0 Å². The fourth-order valence-corrected chi connectivity index (χ4v) is 2.81. The second kappa shape index (κ2) is 5.55. The number of aromatic amines is 1. The summed E-state index contributed by atoms with van der Waals surface area (Å²) in [6.07, 6.45) is 4.64. The van der Waals surface area contributed by atoms with Gasteiger partial charge in [-0.1, -0.05) is 0 Å². The van der Waals surface area contributed by atoms with Gasteiger partial charge in [-0.05, 0) is 22.0 Å². The van der Waals surface area contributed by atoms with Crippen molar-refractivity contribution in [3.8, 4) is 0 Å². The molecule has 2 rings (SSSR count). The van der Waals surface area contributed by atoms with Gasteiger partial charge in [0.1, 0.15) is 17.0 Å². The summed E-state index contributed by atoms with van der Waals surface area (Å²) < 4.78 is 26.9. The van der Waals surface area contributed by atoms with Crippen LogP contribution in [0.3, 0.4) is 0 Å². The first-order chi connectivity index (χ1) is 8.58. The van der Waals surface area contributed by atoms with E-state index < -0.39 is 10.0 Å². The SMILES string of the molecule is O=S(=O)(NCCc1ncn[nH]1)c1cncc(Br)c1. The van der Waals surface area contributed by atoms with Crippen LogP contribution in [0.15, 0.2) is 34.2 Å². The molecule has 18 heavy (non-hydrogen) atoms. The van der Waals surface area contributed by atoms with E-state index in [1.165, 1.54) is 24.8 Å². The zero-order valence-electron chi connectivity index (χ0n) is 9.17. The van der Waals surface area contributed by atoms with E-state index >= 15 is 0 Å². The van der Waals surface area contributed by atoms with Gasteiger partial charge >= 0.3 is 0 Å². The second-order valence-electron chi connectivity index (χ2n) is 3.42. The van der Waals surface area contributed by atoms with Gasteiger partial charge in [0.2, 0.25) is 10.0 Å². The minimum atomic E-state index is -3.54. The number of nitrogens with one attached hydrogen (secondary N) is 2. The highest BCUT2D eigenvalue weighted by molar-refractivity contribution is 9.10. The fourth-order valence-electron chi connectivity index (χ4n) is 1.28. The summed E-state index contributed by atoms with van der Waals surface area (Å²) in [5.41, 5.74) is 0. The van der Waals surface area contributed by atoms with Crippen LogP contribution in [0.1, 0.15) is 5.82 Å². The Hall–Kier alpha value is -1.32. The van der Waals surface area contributed by atoms with E-state index in [1.807, 2.05) is 0 Å². The molecule has 0 amide bonds. The first-order valence-corrected chi connectivity index (χ1v) is 7.30. The van der Waals surface area contributed by atoms with Gasteiger partial charge in [-0.3, -0.25) is 10.1 Å². The smallest absolute Gasteiger partial charge is 0.242 e. The lowest BCUT2D eigenvalue weighted by molar-refractivity contribution is 0.580. The summed E-state index contributed by atoms with van der Waals surface area (Å²) in [5.74, 6) is 0.630. The molecule has 0 aliphatic heterocycles. The monoisotopic (exact) mass is 331 g/mol. The van der Waals surface area contributed by atoms with Gasteiger partial charge in [-0.15, -0.1) is 0 Å². The highest BCUT2D eigenvalue weighted by atomic mass is 79.9.